The zero-order chi connectivity index (χ0) is 14.7. The van der Waals surface area contributed by atoms with Crippen LogP contribution >= 0.6 is 0 Å². The number of ether oxygens (including phenoxy) is 1. The van der Waals surface area contributed by atoms with Crippen LogP contribution in [0, 0.1) is 0 Å². The highest BCUT2D eigenvalue weighted by Gasteiger charge is 2.22. The summed E-state index contributed by atoms with van der Waals surface area (Å²) in [6.45, 7) is 2.12. The summed E-state index contributed by atoms with van der Waals surface area (Å²) in [6, 6.07) is 7.21. The fraction of sp³-hybridized carbons (Fsp3) is 0.500. The maximum Gasteiger partial charge on any atom is 0.251 e. The Balaban J connectivity index is 1.58. The van der Waals surface area contributed by atoms with E-state index >= 15 is 0 Å². The van der Waals surface area contributed by atoms with E-state index in [0.29, 0.717) is 18.5 Å². The van der Waals surface area contributed by atoms with Gasteiger partial charge in [0.2, 0.25) is 5.91 Å². The summed E-state index contributed by atoms with van der Waals surface area (Å²) in [5.41, 5.74) is 1.48. The summed E-state index contributed by atoms with van der Waals surface area (Å²) in [5, 5.41) is 2.89. The van der Waals surface area contributed by atoms with Gasteiger partial charge in [-0.15, -0.1) is 0 Å². The summed E-state index contributed by atoms with van der Waals surface area (Å²) in [7, 11) is 0. The average Bonchev–Trinajstić information content (AvgIpc) is 3.16. The van der Waals surface area contributed by atoms with Crippen molar-refractivity contribution >= 4 is 17.5 Å². The molecule has 2 amide bonds. The van der Waals surface area contributed by atoms with Crippen LogP contribution in [0.1, 0.15) is 36.0 Å². The molecular formula is C16H20N2O3. The van der Waals surface area contributed by atoms with E-state index in [1.807, 2.05) is 12.1 Å². The second-order valence-corrected chi connectivity index (χ2v) is 5.54. The molecule has 1 aromatic carbocycles. The quantitative estimate of drug-likeness (QED) is 0.918. The van der Waals surface area contributed by atoms with Crippen LogP contribution in [0.3, 0.4) is 0 Å². The molecule has 2 aliphatic heterocycles. The SMILES string of the molecule is O=C(NC[C@H]1CCCO1)c1ccc(N2CCCC2=O)cc1. The molecule has 1 atom stereocenters. The number of hydrogen-bond acceptors (Lipinski definition) is 3. The number of nitrogens with one attached hydrogen (secondary N) is 1. The Bertz CT molecular complexity index is 521. The van der Waals surface area contributed by atoms with Crippen molar-refractivity contribution in [1.82, 2.24) is 5.32 Å². The smallest absolute Gasteiger partial charge is 0.251 e. The minimum absolute atomic E-state index is 0.0928. The van der Waals surface area contributed by atoms with Crippen LogP contribution in [0.5, 0.6) is 0 Å². The molecule has 2 heterocycles. The van der Waals surface area contributed by atoms with Crippen molar-refractivity contribution in [2.75, 3.05) is 24.6 Å². The van der Waals surface area contributed by atoms with E-state index in [1.165, 1.54) is 0 Å². The molecule has 0 radical (unpaired) electrons. The lowest BCUT2D eigenvalue weighted by molar-refractivity contribution is -0.117. The molecule has 0 unspecified atom stereocenters. The van der Waals surface area contributed by atoms with Gasteiger partial charge in [0, 0.05) is 37.4 Å². The lowest BCUT2D eigenvalue weighted by Crippen LogP contribution is -2.31. The van der Waals surface area contributed by atoms with Crippen LogP contribution in [0.2, 0.25) is 0 Å². The summed E-state index contributed by atoms with van der Waals surface area (Å²) in [4.78, 5) is 25.5. The fourth-order valence-electron chi connectivity index (χ4n) is 2.83. The molecule has 1 N–H and O–H groups in total. The Kier molecular flexibility index (Phi) is 4.20. The Morgan fingerprint density at radius 1 is 1.29 bits per heavy atom. The molecule has 112 valence electrons. The lowest BCUT2D eigenvalue weighted by atomic mass is 10.1. The van der Waals surface area contributed by atoms with E-state index in [2.05, 4.69) is 5.32 Å². The first kappa shape index (κ1) is 14.1. The number of carbonyl (C=O) groups excluding carboxylic acids is 2. The third kappa shape index (κ3) is 3.24. The van der Waals surface area contributed by atoms with Gasteiger partial charge in [-0.2, -0.15) is 0 Å². The van der Waals surface area contributed by atoms with Gasteiger partial charge in [-0.05, 0) is 43.5 Å². The predicted octanol–water partition coefficient (Wildman–Crippen LogP) is 1.72. The van der Waals surface area contributed by atoms with Gasteiger partial charge < -0.3 is 15.0 Å². The highest BCUT2D eigenvalue weighted by atomic mass is 16.5. The second-order valence-electron chi connectivity index (χ2n) is 5.54. The van der Waals surface area contributed by atoms with Gasteiger partial charge in [-0.25, -0.2) is 0 Å². The van der Waals surface area contributed by atoms with Crippen LogP contribution in [0.15, 0.2) is 24.3 Å². The van der Waals surface area contributed by atoms with Crippen molar-refractivity contribution in [3.8, 4) is 0 Å². The molecule has 2 fully saturated rings. The highest BCUT2D eigenvalue weighted by Crippen LogP contribution is 2.21. The molecule has 2 saturated heterocycles. The van der Waals surface area contributed by atoms with Gasteiger partial charge in [0.05, 0.1) is 6.10 Å². The monoisotopic (exact) mass is 288 g/mol. The third-order valence-corrected chi connectivity index (χ3v) is 4.03. The minimum Gasteiger partial charge on any atom is -0.376 e. The highest BCUT2D eigenvalue weighted by molar-refractivity contribution is 5.97. The van der Waals surface area contributed by atoms with E-state index in [-0.39, 0.29) is 17.9 Å². The first-order valence-corrected chi connectivity index (χ1v) is 7.54. The molecule has 3 rings (SSSR count). The van der Waals surface area contributed by atoms with Crippen LogP contribution in [-0.2, 0) is 9.53 Å². The number of amides is 2. The normalized spacial score (nSPS) is 21.8. The van der Waals surface area contributed by atoms with Crippen molar-refractivity contribution in [3.63, 3.8) is 0 Å². The van der Waals surface area contributed by atoms with E-state index in [0.717, 1.165) is 38.1 Å². The number of benzene rings is 1. The molecule has 5 nitrogen and oxygen atoms in total. The predicted molar refractivity (Wildman–Crippen MR) is 79.3 cm³/mol. The molecule has 0 spiro atoms. The maximum absolute atomic E-state index is 12.1. The average molecular weight is 288 g/mol. The fourth-order valence-corrected chi connectivity index (χ4v) is 2.83. The van der Waals surface area contributed by atoms with Gasteiger partial charge in [0.1, 0.15) is 0 Å². The van der Waals surface area contributed by atoms with Gasteiger partial charge in [-0.1, -0.05) is 0 Å². The number of carbonyl (C=O) groups is 2. The Morgan fingerprint density at radius 2 is 2.10 bits per heavy atom. The largest absolute Gasteiger partial charge is 0.376 e. The number of nitrogens with zero attached hydrogens (tertiary/aromatic N) is 1. The molecule has 2 aliphatic rings. The van der Waals surface area contributed by atoms with Crippen molar-refractivity contribution in [3.05, 3.63) is 29.8 Å². The van der Waals surface area contributed by atoms with Crippen LogP contribution in [0.4, 0.5) is 5.69 Å². The van der Waals surface area contributed by atoms with E-state index in [4.69, 9.17) is 4.74 Å². The molecule has 0 saturated carbocycles. The molecular weight excluding hydrogens is 268 g/mol. The van der Waals surface area contributed by atoms with Crippen molar-refractivity contribution < 1.29 is 14.3 Å². The van der Waals surface area contributed by atoms with Gasteiger partial charge in [-0.3, -0.25) is 9.59 Å². The van der Waals surface area contributed by atoms with E-state index in [1.54, 1.807) is 17.0 Å². The van der Waals surface area contributed by atoms with Crippen molar-refractivity contribution in [2.24, 2.45) is 0 Å². The van der Waals surface area contributed by atoms with Crippen molar-refractivity contribution in [2.45, 2.75) is 31.8 Å². The summed E-state index contributed by atoms with van der Waals surface area (Å²) < 4.78 is 5.48. The minimum atomic E-state index is -0.0928. The van der Waals surface area contributed by atoms with Gasteiger partial charge in [0.15, 0.2) is 0 Å². The topological polar surface area (TPSA) is 58.6 Å². The Morgan fingerprint density at radius 3 is 2.71 bits per heavy atom. The molecule has 0 bridgehead atoms. The molecule has 0 aromatic heterocycles. The zero-order valence-electron chi connectivity index (χ0n) is 12.0. The first-order chi connectivity index (χ1) is 10.2. The summed E-state index contributed by atoms with van der Waals surface area (Å²) in [6.07, 6.45) is 3.75. The van der Waals surface area contributed by atoms with Crippen LogP contribution in [-0.4, -0.2) is 37.6 Å². The Hall–Kier alpha value is -1.88. The van der Waals surface area contributed by atoms with Crippen LogP contribution < -0.4 is 10.2 Å². The number of hydrogen-bond donors (Lipinski definition) is 1. The van der Waals surface area contributed by atoms with E-state index < -0.39 is 0 Å². The summed E-state index contributed by atoms with van der Waals surface area (Å²) in [5.74, 6) is 0.0652. The van der Waals surface area contributed by atoms with Crippen molar-refractivity contribution in [1.29, 1.82) is 0 Å². The lowest BCUT2D eigenvalue weighted by Gasteiger charge is -2.16. The number of anilines is 1. The van der Waals surface area contributed by atoms with Gasteiger partial charge >= 0.3 is 0 Å². The first-order valence-electron chi connectivity index (χ1n) is 7.54. The second kappa shape index (κ2) is 6.26. The molecule has 5 heteroatoms. The third-order valence-electron chi connectivity index (χ3n) is 4.03. The van der Waals surface area contributed by atoms with Crippen LogP contribution in [0.25, 0.3) is 0 Å². The molecule has 0 aliphatic carbocycles. The summed E-state index contributed by atoms with van der Waals surface area (Å²) >= 11 is 0. The van der Waals surface area contributed by atoms with Gasteiger partial charge in [0.25, 0.3) is 5.91 Å². The Labute approximate surface area is 124 Å². The molecule has 1 aromatic rings. The number of rotatable bonds is 4. The molecule has 21 heavy (non-hydrogen) atoms. The maximum atomic E-state index is 12.1. The van der Waals surface area contributed by atoms with E-state index in [9.17, 15) is 9.59 Å². The standard InChI is InChI=1S/C16H20N2O3/c19-15-4-1-9-18(15)13-7-5-12(6-8-13)16(20)17-11-14-3-2-10-21-14/h5-8,14H,1-4,9-11H2,(H,17,20)/t14-/m1/s1. The zero-order valence-corrected chi connectivity index (χ0v) is 12.0.